The van der Waals surface area contributed by atoms with E-state index in [0.717, 1.165) is 6.54 Å². The van der Waals surface area contributed by atoms with Gasteiger partial charge in [-0.2, -0.15) is 13.2 Å². The number of aryl methyl sites for hydroxylation is 1. The number of hydrogen-bond acceptors (Lipinski definition) is 2. The normalized spacial score (nSPS) is 21.5. The summed E-state index contributed by atoms with van der Waals surface area (Å²) >= 11 is 0. The van der Waals surface area contributed by atoms with Crippen molar-refractivity contribution in [3.05, 3.63) is 34.9 Å². The van der Waals surface area contributed by atoms with E-state index >= 15 is 0 Å². The van der Waals surface area contributed by atoms with Crippen molar-refractivity contribution in [3.63, 3.8) is 0 Å². The van der Waals surface area contributed by atoms with Crippen LogP contribution in [0, 0.1) is 6.92 Å². The van der Waals surface area contributed by atoms with Crippen LogP contribution in [0.1, 0.15) is 22.8 Å². The van der Waals surface area contributed by atoms with Gasteiger partial charge in [-0.3, -0.25) is 0 Å². The molecule has 0 amide bonds. The van der Waals surface area contributed by atoms with Crippen molar-refractivity contribution in [1.29, 1.82) is 0 Å². The number of hydrogen-bond donors (Lipinski definition) is 1. The lowest BCUT2D eigenvalue weighted by molar-refractivity contribution is -0.138. The average Bonchev–Trinajstić information content (AvgIpc) is 2.29. The molecular formula is C12H14F3NO. The zero-order valence-corrected chi connectivity index (χ0v) is 9.47. The van der Waals surface area contributed by atoms with E-state index in [2.05, 4.69) is 5.32 Å². The minimum Gasteiger partial charge on any atom is -0.371 e. The molecule has 5 heteroatoms. The number of ether oxygens (including phenoxy) is 1. The molecule has 1 aliphatic rings. The second-order valence-electron chi connectivity index (χ2n) is 4.14. The maximum Gasteiger partial charge on any atom is 0.416 e. The summed E-state index contributed by atoms with van der Waals surface area (Å²) in [5.74, 6) is 0. The molecule has 1 atom stereocenters. The number of alkyl halides is 3. The van der Waals surface area contributed by atoms with E-state index in [1.165, 1.54) is 19.1 Å². The van der Waals surface area contributed by atoms with Gasteiger partial charge in [0, 0.05) is 13.1 Å². The minimum atomic E-state index is -4.30. The fourth-order valence-electron chi connectivity index (χ4n) is 1.92. The molecule has 1 fully saturated rings. The third-order valence-corrected chi connectivity index (χ3v) is 2.87. The van der Waals surface area contributed by atoms with Crippen molar-refractivity contribution >= 4 is 0 Å². The molecule has 0 saturated carbocycles. The maximum absolute atomic E-state index is 12.7. The van der Waals surface area contributed by atoms with Crippen LogP contribution in [0.2, 0.25) is 0 Å². The van der Waals surface area contributed by atoms with Crippen molar-refractivity contribution in [1.82, 2.24) is 5.32 Å². The SMILES string of the molecule is Cc1ccc(C2CNCCO2)cc1C(F)(F)F. The van der Waals surface area contributed by atoms with Crippen LogP contribution < -0.4 is 5.32 Å². The molecule has 0 bridgehead atoms. The molecule has 94 valence electrons. The van der Waals surface area contributed by atoms with Gasteiger partial charge in [0.15, 0.2) is 0 Å². The Morgan fingerprint density at radius 1 is 1.35 bits per heavy atom. The molecule has 2 nitrogen and oxygen atoms in total. The molecule has 1 unspecified atom stereocenters. The van der Waals surface area contributed by atoms with Gasteiger partial charge in [-0.1, -0.05) is 12.1 Å². The minimum absolute atomic E-state index is 0.241. The van der Waals surface area contributed by atoms with Gasteiger partial charge >= 0.3 is 6.18 Å². The van der Waals surface area contributed by atoms with Gasteiger partial charge < -0.3 is 10.1 Å². The first-order chi connectivity index (χ1) is 7.98. The van der Waals surface area contributed by atoms with Crippen LogP contribution in [-0.2, 0) is 10.9 Å². The first kappa shape index (κ1) is 12.4. The van der Waals surface area contributed by atoms with E-state index in [9.17, 15) is 13.2 Å². The highest BCUT2D eigenvalue weighted by Gasteiger charge is 2.33. The second-order valence-corrected chi connectivity index (χ2v) is 4.14. The Balaban J connectivity index is 2.30. The van der Waals surface area contributed by atoms with E-state index in [1.54, 1.807) is 6.07 Å². The Hall–Kier alpha value is -1.07. The molecule has 17 heavy (non-hydrogen) atoms. The maximum atomic E-state index is 12.7. The molecule has 1 aliphatic heterocycles. The molecule has 1 heterocycles. The third-order valence-electron chi connectivity index (χ3n) is 2.87. The van der Waals surface area contributed by atoms with Gasteiger partial charge in [0.25, 0.3) is 0 Å². The van der Waals surface area contributed by atoms with Crippen LogP contribution in [0.5, 0.6) is 0 Å². The first-order valence-electron chi connectivity index (χ1n) is 5.48. The van der Waals surface area contributed by atoms with Crippen molar-refractivity contribution in [3.8, 4) is 0 Å². The van der Waals surface area contributed by atoms with Crippen LogP contribution in [0.4, 0.5) is 13.2 Å². The van der Waals surface area contributed by atoms with E-state index in [1.807, 2.05) is 0 Å². The van der Waals surface area contributed by atoms with Crippen LogP contribution in [0.15, 0.2) is 18.2 Å². The summed E-state index contributed by atoms with van der Waals surface area (Å²) in [6.07, 6.45) is -4.59. The highest BCUT2D eigenvalue weighted by Crippen LogP contribution is 2.34. The van der Waals surface area contributed by atoms with Crippen molar-refractivity contribution in [2.75, 3.05) is 19.7 Å². The number of benzene rings is 1. The Labute approximate surface area is 97.8 Å². The summed E-state index contributed by atoms with van der Waals surface area (Å²) < 4.78 is 43.7. The molecule has 0 radical (unpaired) electrons. The van der Waals surface area contributed by atoms with Gasteiger partial charge in [0.05, 0.1) is 18.3 Å². The molecule has 1 aromatic rings. The van der Waals surface area contributed by atoms with Gasteiger partial charge in [0.2, 0.25) is 0 Å². The summed E-state index contributed by atoms with van der Waals surface area (Å²) in [7, 11) is 0. The van der Waals surface area contributed by atoms with E-state index in [-0.39, 0.29) is 11.7 Å². The monoisotopic (exact) mass is 245 g/mol. The van der Waals surface area contributed by atoms with E-state index < -0.39 is 11.7 Å². The third kappa shape index (κ3) is 2.79. The molecule has 0 aromatic heterocycles. The number of halogens is 3. The number of nitrogens with one attached hydrogen (secondary N) is 1. The summed E-state index contributed by atoms with van der Waals surface area (Å²) in [5, 5.41) is 3.10. The summed E-state index contributed by atoms with van der Waals surface area (Å²) in [6.45, 7) is 3.29. The molecular weight excluding hydrogens is 231 g/mol. The standard InChI is InChI=1S/C12H14F3NO/c1-8-2-3-9(6-10(8)12(13,14)15)11-7-16-4-5-17-11/h2-3,6,11,16H,4-5,7H2,1H3. The van der Waals surface area contributed by atoms with Crippen LogP contribution in [0.3, 0.4) is 0 Å². The van der Waals surface area contributed by atoms with E-state index in [4.69, 9.17) is 4.74 Å². The molecule has 0 aliphatic carbocycles. The average molecular weight is 245 g/mol. The van der Waals surface area contributed by atoms with Crippen molar-refractivity contribution < 1.29 is 17.9 Å². The molecule has 2 rings (SSSR count). The Bertz CT molecular complexity index is 397. The number of rotatable bonds is 1. The fraction of sp³-hybridized carbons (Fsp3) is 0.500. The highest BCUT2D eigenvalue weighted by atomic mass is 19.4. The van der Waals surface area contributed by atoms with Crippen molar-refractivity contribution in [2.45, 2.75) is 19.2 Å². The Morgan fingerprint density at radius 3 is 2.71 bits per heavy atom. The van der Waals surface area contributed by atoms with E-state index in [0.29, 0.717) is 18.7 Å². The smallest absolute Gasteiger partial charge is 0.371 e. The second kappa shape index (κ2) is 4.66. The summed E-state index contributed by atoms with van der Waals surface area (Å²) in [6, 6.07) is 4.38. The van der Waals surface area contributed by atoms with Crippen LogP contribution >= 0.6 is 0 Å². The summed E-state index contributed by atoms with van der Waals surface area (Å²) in [4.78, 5) is 0. The van der Waals surface area contributed by atoms with Gasteiger partial charge in [-0.15, -0.1) is 0 Å². The molecule has 1 saturated heterocycles. The summed E-state index contributed by atoms with van der Waals surface area (Å²) in [5.41, 5.74) is 0.240. The van der Waals surface area contributed by atoms with Gasteiger partial charge in [-0.25, -0.2) is 0 Å². The highest BCUT2D eigenvalue weighted by molar-refractivity contribution is 5.34. The lowest BCUT2D eigenvalue weighted by Crippen LogP contribution is -2.33. The predicted molar refractivity (Wildman–Crippen MR) is 57.7 cm³/mol. The topological polar surface area (TPSA) is 21.3 Å². The lowest BCUT2D eigenvalue weighted by Gasteiger charge is -2.25. The number of morpholine rings is 1. The molecule has 1 N–H and O–H groups in total. The quantitative estimate of drug-likeness (QED) is 0.821. The zero-order valence-electron chi connectivity index (χ0n) is 9.47. The Morgan fingerprint density at radius 2 is 2.12 bits per heavy atom. The molecule has 1 aromatic carbocycles. The van der Waals surface area contributed by atoms with Gasteiger partial charge in [-0.05, 0) is 24.1 Å². The first-order valence-corrected chi connectivity index (χ1v) is 5.48. The molecule has 0 spiro atoms. The van der Waals surface area contributed by atoms with Gasteiger partial charge in [0.1, 0.15) is 0 Å². The Kier molecular flexibility index (Phi) is 3.40. The fourth-order valence-corrected chi connectivity index (χ4v) is 1.92. The zero-order chi connectivity index (χ0) is 12.5. The van der Waals surface area contributed by atoms with Crippen LogP contribution in [0.25, 0.3) is 0 Å². The predicted octanol–water partition coefficient (Wildman–Crippen LogP) is 2.67. The van der Waals surface area contributed by atoms with Crippen LogP contribution in [-0.4, -0.2) is 19.7 Å². The largest absolute Gasteiger partial charge is 0.416 e. The lowest BCUT2D eigenvalue weighted by atomic mass is 10.0. The van der Waals surface area contributed by atoms with Crippen molar-refractivity contribution in [2.24, 2.45) is 0 Å².